The van der Waals surface area contributed by atoms with Crippen LogP contribution in [0.3, 0.4) is 0 Å². The van der Waals surface area contributed by atoms with E-state index in [2.05, 4.69) is 91.2 Å². The Kier molecular flexibility index (Phi) is 4.60. The summed E-state index contributed by atoms with van der Waals surface area (Å²) < 4.78 is 0. The van der Waals surface area contributed by atoms with Crippen LogP contribution in [-0.2, 0) is 5.41 Å². The summed E-state index contributed by atoms with van der Waals surface area (Å²) in [5.41, 5.74) is 10.5. The van der Waals surface area contributed by atoms with Crippen molar-refractivity contribution in [3.05, 3.63) is 94.6 Å². The van der Waals surface area contributed by atoms with Crippen molar-refractivity contribution in [2.45, 2.75) is 46.5 Å². The third kappa shape index (κ3) is 3.22. The van der Waals surface area contributed by atoms with Crippen LogP contribution in [0.2, 0.25) is 0 Å². The van der Waals surface area contributed by atoms with Gasteiger partial charge in [-0.2, -0.15) is 0 Å². The first-order chi connectivity index (χ1) is 16.3. The molecule has 34 heavy (non-hydrogen) atoms. The van der Waals surface area contributed by atoms with Gasteiger partial charge in [-0.15, -0.1) is 0 Å². The molecule has 0 amide bonds. The predicted octanol–water partition coefficient (Wildman–Crippen LogP) is 7.64. The van der Waals surface area contributed by atoms with E-state index in [-0.39, 0.29) is 0 Å². The van der Waals surface area contributed by atoms with Gasteiger partial charge in [0.15, 0.2) is 0 Å². The van der Waals surface area contributed by atoms with Gasteiger partial charge in [-0.1, -0.05) is 42.8 Å². The smallest absolute Gasteiger partial charge is 0.0784 e. The van der Waals surface area contributed by atoms with E-state index >= 15 is 0 Å². The first-order valence-corrected chi connectivity index (χ1v) is 12.0. The molecule has 0 bridgehead atoms. The second-order valence-corrected chi connectivity index (χ2v) is 10.2. The zero-order chi connectivity index (χ0) is 23.6. The molecule has 0 radical (unpaired) electrons. The summed E-state index contributed by atoms with van der Waals surface area (Å²) in [6.07, 6.45) is 7.45. The van der Waals surface area contributed by atoms with E-state index in [0.717, 1.165) is 33.7 Å². The van der Waals surface area contributed by atoms with Gasteiger partial charge in [0, 0.05) is 50.7 Å². The van der Waals surface area contributed by atoms with Gasteiger partial charge in [-0.05, 0) is 81.0 Å². The second-order valence-electron chi connectivity index (χ2n) is 10.2. The van der Waals surface area contributed by atoms with Gasteiger partial charge in [-0.3, -0.25) is 15.0 Å². The first-order valence-electron chi connectivity index (χ1n) is 12.0. The van der Waals surface area contributed by atoms with Crippen molar-refractivity contribution in [3.63, 3.8) is 0 Å². The highest BCUT2D eigenvalue weighted by molar-refractivity contribution is 6.05. The minimum Gasteiger partial charge on any atom is -0.261 e. The van der Waals surface area contributed by atoms with Crippen molar-refractivity contribution in [3.8, 4) is 0 Å². The van der Waals surface area contributed by atoms with Crippen LogP contribution in [0.1, 0.15) is 48.3 Å². The highest BCUT2D eigenvalue weighted by Gasteiger charge is 2.55. The molecular formula is C31H29N3. The molecule has 7 rings (SSSR count). The Morgan fingerprint density at radius 3 is 2.50 bits per heavy atom. The van der Waals surface area contributed by atoms with Crippen molar-refractivity contribution in [1.29, 1.82) is 0 Å². The fraction of sp³-hybridized carbons (Fsp3) is 0.258. The van der Waals surface area contributed by atoms with Crippen LogP contribution in [0.4, 0.5) is 0 Å². The molecule has 2 aliphatic carbocycles. The molecule has 3 aromatic heterocycles. The third-order valence-electron chi connectivity index (χ3n) is 7.75. The first kappa shape index (κ1) is 21.0. The molecule has 5 aromatic rings. The van der Waals surface area contributed by atoms with Crippen molar-refractivity contribution in [2.24, 2.45) is 5.92 Å². The van der Waals surface area contributed by atoms with E-state index in [1.807, 2.05) is 25.4 Å². The topological polar surface area (TPSA) is 38.7 Å². The van der Waals surface area contributed by atoms with Crippen LogP contribution in [0, 0.1) is 26.7 Å². The van der Waals surface area contributed by atoms with Crippen molar-refractivity contribution < 1.29 is 0 Å². The Bertz CT molecular complexity index is 1650. The Morgan fingerprint density at radius 1 is 0.824 bits per heavy atom. The van der Waals surface area contributed by atoms with Crippen LogP contribution in [0.5, 0.6) is 0 Å². The number of hydrogen-bond acceptors (Lipinski definition) is 3. The molecule has 3 nitrogen and oxygen atoms in total. The van der Waals surface area contributed by atoms with Crippen LogP contribution in [0.25, 0.3) is 38.7 Å². The number of aromatic nitrogens is 3. The van der Waals surface area contributed by atoms with Gasteiger partial charge < -0.3 is 0 Å². The molecule has 0 saturated heterocycles. The van der Waals surface area contributed by atoms with Gasteiger partial charge in [0.2, 0.25) is 0 Å². The molecule has 0 spiro atoms. The van der Waals surface area contributed by atoms with E-state index in [9.17, 15) is 0 Å². The average Bonchev–Trinajstić information content (AvgIpc) is 3.53. The molecule has 2 aromatic carbocycles. The zero-order valence-electron chi connectivity index (χ0n) is 20.5. The van der Waals surface area contributed by atoms with E-state index in [0.29, 0.717) is 5.41 Å². The van der Waals surface area contributed by atoms with Gasteiger partial charge in [0.05, 0.1) is 11.0 Å². The summed E-state index contributed by atoms with van der Waals surface area (Å²) in [5.74, 6) is 0.761. The third-order valence-corrected chi connectivity index (χ3v) is 7.75. The lowest BCUT2D eigenvalue weighted by Crippen LogP contribution is -2.12. The monoisotopic (exact) mass is 443 g/mol. The average molecular weight is 444 g/mol. The summed E-state index contributed by atoms with van der Waals surface area (Å²) in [7, 11) is 0. The quantitative estimate of drug-likeness (QED) is 0.231. The minimum atomic E-state index is 0.366. The Labute approximate surface area is 200 Å². The van der Waals surface area contributed by atoms with Crippen LogP contribution in [-0.4, -0.2) is 15.0 Å². The van der Waals surface area contributed by atoms with Gasteiger partial charge in [-0.25, -0.2) is 0 Å². The lowest BCUT2D eigenvalue weighted by Gasteiger charge is -2.23. The van der Waals surface area contributed by atoms with E-state index in [1.54, 1.807) is 5.57 Å². The van der Waals surface area contributed by atoms with Gasteiger partial charge >= 0.3 is 0 Å². The largest absolute Gasteiger partial charge is 0.261 e. The Hall–Kier alpha value is -3.59. The summed E-state index contributed by atoms with van der Waals surface area (Å²) >= 11 is 0. The van der Waals surface area contributed by atoms with Crippen molar-refractivity contribution >= 4 is 38.7 Å². The molecule has 1 fully saturated rings. The van der Waals surface area contributed by atoms with Crippen LogP contribution < -0.4 is 0 Å². The van der Waals surface area contributed by atoms with Gasteiger partial charge in [0.1, 0.15) is 0 Å². The van der Waals surface area contributed by atoms with Gasteiger partial charge in [0.25, 0.3) is 0 Å². The fourth-order valence-corrected chi connectivity index (χ4v) is 5.81. The standard InChI is InChI=1S/C17H17N.C14H12N2/c1-10-8-12-5-7-15-13(6-4-11(2)18-15)16(12)17(3)9-14(10)17;1-9-5-6-15-14-12(9)4-3-11-8-16-10(2)7-13(11)14/h4-8,14H,9H2,1-3H3;3-8H,1-2H3. The lowest BCUT2D eigenvalue weighted by atomic mass is 9.82. The van der Waals surface area contributed by atoms with Crippen molar-refractivity contribution in [1.82, 2.24) is 15.0 Å². The number of nitrogens with zero attached hydrogens (tertiary/aromatic N) is 3. The summed E-state index contributed by atoms with van der Waals surface area (Å²) in [4.78, 5) is 13.5. The number of fused-ring (bicyclic) bond motifs is 8. The molecule has 2 atom stereocenters. The number of allylic oxidation sites excluding steroid dienone is 1. The van der Waals surface area contributed by atoms with Crippen LogP contribution >= 0.6 is 0 Å². The molecule has 168 valence electrons. The summed E-state index contributed by atoms with van der Waals surface area (Å²) in [5, 5.41) is 4.91. The molecule has 2 aliphatic rings. The van der Waals surface area contributed by atoms with Crippen LogP contribution in [0.15, 0.2) is 66.5 Å². The number of pyridine rings is 3. The minimum absolute atomic E-state index is 0.366. The molecule has 3 heteroatoms. The summed E-state index contributed by atoms with van der Waals surface area (Å²) in [6, 6.07) is 17.2. The lowest BCUT2D eigenvalue weighted by molar-refractivity contribution is 0.714. The highest BCUT2D eigenvalue weighted by Crippen LogP contribution is 2.62. The molecule has 0 aliphatic heterocycles. The Balaban J connectivity index is 0.000000129. The normalized spacial score (nSPS) is 20.4. The molecule has 0 N–H and O–H groups in total. The number of hydrogen-bond donors (Lipinski definition) is 0. The van der Waals surface area contributed by atoms with Crippen molar-refractivity contribution in [2.75, 3.05) is 0 Å². The number of aryl methyl sites for hydroxylation is 3. The second kappa shape index (κ2) is 7.46. The maximum absolute atomic E-state index is 4.67. The molecule has 3 heterocycles. The Morgan fingerprint density at radius 2 is 1.65 bits per heavy atom. The SMILES string of the molecule is CC1=Cc2ccc3nc(C)ccc3c2C2(C)CC12.Cc1cc2c(ccc3c(C)ccnc32)cn1. The zero-order valence-corrected chi connectivity index (χ0v) is 20.5. The highest BCUT2D eigenvalue weighted by atomic mass is 14.7. The fourth-order valence-electron chi connectivity index (χ4n) is 5.81. The van der Waals surface area contributed by atoms with E-state index in [1.165, 1.54) is 39.3 Å². The predicted molar refractivity (Wildman–Crippen MR) is 142 cm³/mol. The summed E-state index contributed by atoms with van der Waals surface area (Å²) in [6.45, 7) is 10.9. The molecular weight excluding hydrogens is 414 g/mol. The molecule has 1 saturated carbocycles. The maximum atomic E-state index is 4.67. The van der Waals surface area contributed by atoms with E-state index < -0.39 is 0 Å². The van der Waals surface area contributed by atoms with E-state index in [4.69, 9.17) is 0 Å². The number of benzene rings is 2. The number of rotatable bonds is 0. The maximum Gasteiger partial charge on any atom is 0.0784 e. The molecule has 2 unspecified atom stereocenters.